The molecule has 2 rings (SSSR count). The summed E-state index contributed by atoms with van der Waals surface area (Å²) in [6.07, 6.45) is 5.97. The van der Waals surface area contributed by atoms with Crippen LogP contribution in [0.15, 0.2) is 28.7 Å². The number of hydrogen-bond donors (Lipinski definition) is 2. The molecule has 5 nitrogen and oxygen atoms in total. The normalized spacial score (nSPS) is 11.5. The Hall–Kier alpha value is -1.66. The first-order valence-electron chi connectivity index (χ1n) is 8.13. The molecule has 0 unspecified atom stereocenters. The molecule has 0 bridgehead atoms. The number of nitrogens with zero attached hydrogens (tertiary/aromatic N) is 3. The smallest absolute Gasteiger partial charge is 0.190 e. The van der Waals surface area contributed by atoms with Gasteiger partial charge in [-0.25, -0.2) is 9.97 Å². The lowest BCUT2D eigenvalue weighted by Crippen LogP contribution is -2.38. The molecule has 2 N–H and O–H groups in total. The number of guanidine groups is 1. The third-order valence-electron chi connectivity index (χ3n) is 3.49. The van der Waals surface area contributed by atoms with E-state index in [1.54, 1.807) is 24.6 Å². The molecule has 2 aromatic heterocycles. The highest BCUT2D eigenvalue weighted by atomic mass is 35.5. The van der Waals surface area contributed by atoms with Gasteiger partial charge in [-0.1, -0.05) is 17.7 Å². The molecule has 2 aromatic rings. The Kier molecular flexibility index (Phi) is 7.98. The molecular weight excluding hydrogens is 342 g/mol. The van der Waals surface area contributed by atoms with E-state index in [0.717, 1.165) is 56.0 Å². The fourth-order valence-electron chi connectivity index (χ4n) is 2.23. The minimum Gasteiger partial charge on any atom is -0.356 e. The van der Waals surface area contributed by atoms with E-state index < -0.39 is 0 Å². The summed E-state index contributed by atoms with van der Waals surface area (Å²) >= 11 is 7.53. The van der Waals surface area contributed by atoms with Gasteiger partial charge in [0.1, 0.15) is 5.15 Å². The maximum Gasteiger partial charge on any atom is 0.190 e. The first-order valence-corrected chi connectivity index (χ1v) is 9.39. The van der Waals surface area contributed by atoms with E-state index in [2.05, 4.69) is 31.0 Å². The van der Waals surface area contributed by atoms with E-state index in [0.29, 0.717) is 5.15 Å². The number of aliphatic imine (C=N–C) groups is 1. The van der Waals surface area contributed by atoms with Crippen LogP contribution in [0.1, 0.15) is 29.1 Å². The average Bonchev–Trinajstić information content (AvgIpc) is 3.00. The van der Waals surface area contributed by atoms with Crippen molar-refractivity contribution in [2.45, 2.75) is 32.6 Å². The molecule has 0 saturated carbocycles. The van der Waals surface area contributed by atoms with Gasteiger partial charge in [0.15, 0.2) is 5.96 Å². The summed E-state index contributed by atoms with van der Waals surface area (Å²) in [7, 11) is 1.79. The zero-order valence-electron chi connectivity index (χ0n) is 14.2. The van der Waals surface area contributed by atoms with Gasteiger partial charge in [-0.05, 0) is 44.2 Å². The van der Waals surface area contributed by atoms with Crippen LogP contribution in [0, 0.1) is 6.92 Å². The standard InChI is InChI=1S/C17H24ClN5S/c1-13-12-24-16(23-13)5-3-4-9-20-17(19-2)21-10-8-14-6-7-15(18)22-11-14/h6-7,11-12H,3-5,8-10H2,1-2H3,(H2,19,20,21). The van der Waals surface area contributed by atoms with E-state index in [1.807, 2.05) is 19.1 Å². The highest BCUT2D eigenvalue weighted by molar-refractivity contribution is 7.09. The van der Waals surface area contributed by atoms with Crippen LogP contribution in [-0.2, 0) is 12.8 Å². The molecule has 130 valence electrons. The van der Waals surface area contributed by atoms with Crippen molar-refractivity contribution >= 4 is 28.9 Å². The van der Waals surface area contributed by atoms with E-state index in [4.69, 9.17) is 11.6 Å². The molecule has 0 saturated heterocycles. The molecule has 0 atom stereocenters. The van der Waals surface area contributed by atoms with Crippen LogP contribution < -0.4 is 10.6 Å². The minimum absolute atomic E-state index is 0.525. The van der Waals surface area contributed by atoms with Crippen molar-refractivity contribution in [1.29, 1.82) is 0 Å². The number of thiazole rings is 1. The summed E-state index contributed by atoms with van der Waals surface area (Å²) in [5, 5.41) is 10.5. The van der Waals surface area contributed by atoms with Gasteiger partial charge in [0.2, 0.25) is 0 Å². The zero-order chi connectivity index (χ0) is 17.2. The fourth-order valence-corrected chi connectivity index (χ4v) is 3.16. The number of nitrogens with one attached hydrogen (secondary N) is 2. The molecule has 0 amide bonds. The number of unbranched alkanes of at least 4 members (excludes halogenated alkanes) is 1. The van der Waals surface area contributed by atoms with Crippen molar-refractivity contribution < 1.29 is 0 Å². The molecule has 0 aliphatic rings. The van der Waals surface area contributed by atoms with Crippen molar-refractivity contribution in [2.75, 3.05) is 20.1 Å². The Balaban J connectivity index is 1.57. The summed E-state index contributed by atoms with van der Waals surface area (Å²) in [5.74, 6) is 0.835. The molecule has 0 aromatic carbocycles. The lowest BCUT2D eigenvalue weighted by Gasteiger charge is -2.11. The lowest BCUT2D eigenvalue weighted by atomic mass is 10.2. The van der Waals surface area contributed by atoms with Gasteiger partial charge in [0.25, 0.3) is 0 Å². The molecule has 0 aliphatic carbocycles. The van der Waals surface area contributed by atoms with Crippen molar-refractivity contribution in [3.05, 3.63) is 45.1 Å². The lowest BCUT2D eigenvalue weighted by molar-refractivity contribution is 0.691. The summed E-state index contributed by atoms with van der Waals surface area (Å²) in [6, 6.07) is 3.81. The maximum absolute atomic E-state index is 5.78. The van der Waals surface area contributed by atoms with Gasteiger partial charge < -0.3 is 10.6 Å². The van der Waals surface area contributed by atoms with E-state index in [1.165, 1.54) is 5.01 Å². The van der Waals surface area contributed by atoms with Crippen LogP contribution in [0.3, 0.4) is 0 Å². The second-order valence-electron chi connectivity index (χ2n) is 5.50. The zero-order valence-corrected chi connectivity index (χ0v) is 15.8. The number of aromatic nitrogens is 2. The Morgan fingerprint density at radius 3 is 2.71 bits per heavy atom. The Bertz CT molecular complexity index is 639. The summed E-state index contributed by atoms with van der Waals surface area (Å²) in [5.41, 5.74) is 2.27. The monoisotopic (exact) mass is 365 g/mol. The van der Waals surface area contributed by atoms with Gasteiger partial charge in [0, 0.05) is 37.4 Å². The maximum atomic E-state index is 5.78. The van der Waals surface area contributed by atoms with Crippen molar-refractivity contribution in [1.82, 2.24) is 20.6 Å². The Morgan fingerprint density at radius 2 is 2.04 bits per heavy atom. The van der Waals surface area contributed by atoms with Gasteiger partial charge >= 0.3 is 0 Å². The summed E-state index contributed by atoms with van der Waals surface area (Å²) in [4.78, 5) is 12.8. The molecule has 7 heteroatoms. The van der Waals surface area contributed by atoms with Crippen LogP contribution in [-0.4, -0.2) is 36.1 Å². The molecule has 24 heavy (non-hydrogen) atoms. The first kappa shape index (κ1) is 18.7. The first-order chi connectivity index (χ1) is 11.7. The predicted octanol–water partition coefficient (Wildman–Crippen LogP) is 3.23. The van der Waals surface area contributed by atoms with E-state index >= 15 is 0 Å². The van der Waals surface area contributed by atoms with Crippen LogP contribution >= 0.6 is 22.9 Å². The van der Waals surface area contributed by atoms with Crippen molar-refractivity contribution in [2.24, 2.45) is 4.99 Å². The predicted molar refractivity (Wildman–Crippen MR) is 102 cm³/mol. The molecule has 0 radical (unpaired) electrons. The van der Waals surface area contributed by atoms with Crippen molar-refractivity contribution in [3.63, 3.8) is 0 Å². The van der Waals surface area contributed by atoms with Crippen LogP contribution in [0.25, 0.3) is 0 Å². The summed E-state index contributed by atoms with van der Waals surface area (Å²) in [6.45, 7) is 3.76. The number of rotatable bonds is 8. The van der Waals surface area contributed by atoms with Gasteiger partial charge in [-0.3, -0.25) is 4.99 Å². The number of hydrogen-bond acceptors (Lipinski definition) is 4. The molecular formula is C17H24ClN5S. The molecule has 0 spiro atoms. The topological polar surface area (TPSA) is 62.2 Å². The molecule has 2 heterocycles. The van der Waals surface area contributed by atoms with Crippen LogP contribution in [0.2, 0.25) is 5.15 Å². The van der Waals surface area contributed by atoms with Crippen molar-refractivity contribution in [3.8, 4) is 0 Å². The van der Waals surface area contributed by atoms with Crippen LogP contribution in [0.5, 0.6) is 0 Å². The number of pyridine rings is 1. The molecule has 0 aliphatic heterocycles. The largest absolute Gasteiger partial charge is 0.356 e. The second-order valence-corrected chi connectivity index (χ2v) is 6.83. The minimum atomic E-state index is 0.525. The average molecular weight is 366 g/mol. The second kappa shape index (κ2) is 10.3. The third-order valence-corrected chi connectivity index (χ3v) is 4.74. The highest BCUT2D eigenvalue weighted by Gasteiger charge is 2.00. The van der Waals surface area contributed by atoms with Gasteiger partial charge in [0.05, 0.1) is 5.01 Å². The molecule has 0 fully saturated rings. The van der Waals surface area contributed by atoms with E-state index in [9.17, 15) is 0 Å². The highest BCUT2D eigenvalue weighted by Crippen LogP contribution is 2.11. The van der Waals surface area contributed by atoms with E-state index in [-0.39, 0.29) is 0 Å². The Labute approximate surface area is 152 Å². The third kappa shape index (κ3) is 6.84. The van der Waals surface area contributed by atoms with Crippen LogP contribution in [0.4, 0.5) is 0 Å². The number of halogens is 1. The SMILES string of the molecule is CN=C(NCCCCc1nc(C)cs1)NCCc1ccc(Cl)nc1. The van der Waals surface area contributed by atoms with Gasteiger partial charge in [-0.15, -0.1) is 11.3 Å². The van der Waals surface area contributed by atoms with Gasteiger partial charge in [-0.2, -0.15) is 0 Å². The quantitative estimate of drug-likeness (QED) is 0.326. The number of aryl methyl sites for hydroxylation is 2. The Morgan fingerprint density at radius 1 is 1.21 bits per heavy atom. The summed E-state index contributed by atoms with van der Waals surface area (Å²) < 4.78 is 0. The fraction of sp³-hybridized carbons (Fsp3) is 0.471.